The Morgan fingerprint density at radius 1 is 1.52 bits per heavy atom. The molecule has 6 nitrogen and oxygen atoms in total. The van der Waals surface area contributed by atoms with E-state index in [0.29, 0.717) is 22.2 Å². The monoisotopic (exact) mass is 304 g/mol. The summed E-state index contributed by atoms with van der Waals surface area (Å²) in [7, 11) is 1.74. The van der Waals surface area contributed by atoms with Gasteiger partial charge in [-0.2, -0.15) is 10.4 Å². The second kappa shape index (κ2) is 6.29. The van der Waals surface area contributed by atoms with Crippen LogP contribution in [0.15, 0.2) is 24.3 Å². The first-order chi connectivity index (χ1) is 9.99. The van der Waals surface area contributed by atoms with E-state index >= 15 is 0 Å². The summed E-state index contributed by atoms with van der Waals surface area (Å²) in [5, 5.41) is 15.8. The normalized spacial score (nSPS) is 10.0. The Balaban J connectivity index is 1.95. The number of rotatable bonds is 4. The van der Waals surface area contributed by atoms with Crippen LogP contribution in [0.25, 0.3) is 0 Å². The minimum Gasteiger partial charge on any atom is -0.482 e. The van der Waals surface area contributed by atoms with E-state index in [1.54, 1.807) is 29.9 Å². The van der Waals surface area contributed by atoms with Crippen molar-refractivity contribution in [2.45, 2.75) is 6.92 Å². The molecular weight excluding hydrogens is 292 g/mol. The van der Waals surface area contributed by atoms with Crippen molar-refractivity contribution in [3.8, 4) is 11.8 Å². The van der Waals surface area contributed by atoms with Crippen molar-refractivity contribution < 1.29 is 9.53 Å². The highest BCUT2D eigenvalue weighted by atomic mass is 35.5. The van der Waals surface area contributed by atoms with Crippen molar-refractivity contribution in [1.29, 1.82) is 5.26 Å². The van der Waals surface area contributed by atoms with E-state index in [2.05, 4.69) is 10.4 Å². The van der Waals surface area contributed by atoms with Crippen LogP contribution in [0.5, 0.6) is 5.75 Å². The molecule has 1 heterocycles. The van der Waals surface area contributed by atoms with Gasteiger partial charge in [0.1, 0.15) is 11.6 Å². The number of halogens is 1. The zero-order valence-electron chi connectivity index (χ0n) is 11.6. The van der Waals surface area contributed by atoms with Crippen molar-refractivity contribution in [3.05, 3.63) is 40.5 Å². The van der Waals surface area contributed by atoms with Crippen LogP contribution in [0.3, 0.4) is 0 Å². The van der Waals surface area contributed by atoms with Gasteiger partial charge in [-0.15, -0.1) is 0 Å². The van der Waals surface area contributed by atoms with Crippen molar-refractivity contribution >= 4 is 23.3 Å². The Bertz CT molecular complexity index is 718. The number of nitrogens with zero attached hydrogens (tertiary/aromatic N) is 3. The molecule has 1 aromatic carbocycles. The van der Waals surface area contributed by atoms with Gasteiger partial charge in [0.2, 0.25) is 0 Å². The summed E-state index contributed by atoms with van der Waals surface area (Å²) < 4.78 is 6.91. The Kier molecular flexibility index (Phi) is 4.45. The highest BCUT2D eigenvalue weighted by Gasteiger charge is 2.09. The fourth-order valence-corrected chi connectivity index (χ4v) is 1.97. The minimum atomic E-state index is -0.321. The second-order valence-electron chi connectivity index (χ2n) is 4.39. The molecule has 0 saturated carbocycles. The Morgan fingerprint density at radius 2 is 2.29 bits per heavy atom. The van der Waals surface area contributed by atoms with E-state index in [-0.39, 0.29) is 12.5 Å². The van der Waals surface area contributed by atoms with Crippen molar-refractivity contribution in [1.82, 2.24) is 9.78 Å². The van der Waals surface area contributed by atoms with E-state index in [1.807, 2.05) is 13.0 Å². The van der Waals surface area contributed by atoms with Crippen molar-refractivity contribution in [3.63, 3.8) is 0 Å². The summed E-state index contributed by atoms with van der Waals surface area (Å²) in [4.78, 5) is 11.8. The van der Waals surface area contributed by atoms with Crippen LogP contribution >= 0.6 is 11.6 Å². The molecule has 0 bridgehead atoms. The average molecular weight is 305 g/mol. The first-order valence-electron chi connectivity index (χ1n) is 6.12. The SMILES string of the molecule is Cc1cc(NC(=O)COc2ccc(C#N)cc2Cl)n(C)n1. The molecule has 0 fully saturated rings. The van der Waals surface area contributed by atoms with Crippen molar-refractivity contribution in [2.75, 3.05) is 11.9 Å². The Morgan fingerprint density at radius 3 is 2.86 bits per heavy atom. The lowest BCUT2D eigenvalue weighted by Crippen LogP contribution is -2.21. The van der Waals surface area contributed by atoms with E-state index in [9.17, 15) is 4.79 Å². The van der Waals surface area contributed by atoms with Crippen LogP contribution in [0.4, 0.5) is 5.82 Å². The maximum Gasteiger partial charge on any atom is 0.263 e. The van der Waals surface area contributed by atoms with Gasteiger partial charge in [0.05, 0.1) is 22.3 Å². The van der Waals surface area contributed by atoms with E-state index in [0.717, 1.165) is 5.69 Å². The van der Waals surface area contributed by atoms with Crippen LogP contribution in [0, 0.1) is 18.3 Å². The largest absolute Gasteiger partial charge is 0.482 e. The van der Waals surface area contributed by atoms with E-state index < -0.39 is 0 Å². The van der Waals surface area contributed by atoms with Crippen LogP contribution in [-0.4, -0.2) is 22.3 Å². The average Bonchev–Trinajstić information content (AvgIpc) is 2.75. The number of carbonyl (C=O) groups excluding carboxylic acids is 1. The molecule has 21 heavy (non-hydrogen) atoms. The number of carbonyl (C=O) groups is 1. The number of hydrogen-bond donors (Lipinski definition) is 1. The third kappa shape index (κ3) is 3.74. The summed E-state index contributed by atoms with van der Waals surface area (Å²) in [5.74, 6) is 0.623. The predicted octanol–water partition coefficient (Wildman–Crippen LogP) is 2.27. The minimum absolute atomic E-state index is 0.185. The zero-order valence-corrected chi connectivity index (χ0v) is 12.3. The van der Waals surface area contributed by atoms with E-state index in [4.69, 9.17) is 21.6 Å². The van der Waals surface area contributed by atoms with Gasteiger partial charge < -0.3 is 10.1 Å². The standard InChI is InChI=1S/C14H13ClN4O2/c1-9-5-13(19(2)18-9)17-14(20)8-21-12-4-3-10(7-16)6-11(12)15/h3-6H,8H2,1-2H3,(H,17,20). The maximum atomic E-state index is 11.8. The highest BCUT2D eigenvalue weighted by Crippen LogP contribution is 2.25. The molecule has 7 heteroatoms. The molecule has 1 N–H and O–H groups in total. The molecule has 2 aromatic rings. The lowest BCUT2D eigenvalue weighted by atomic mass is 10.2. The topological polar surface area (TPSA) is 79.9 Å². The third-order valence-corrected chi connectivity index (χ3v) is 2.98. The molecule has 0 spiro atoms. The summed E-state index contributed by atoms with van der Waals surface area (Å²) >= 11 is 5.96. The molecule has 0 aliphatic rings. The summed E-state index contributed by atoms with van der Waals surface area (Å²) in [6, 6.07) is 8.34. The van der Waals surface area contributed by atoms with E-state index in [1.165, 1.54) is 6.07 Å². The Hall–Kier alpha value is -2.52. The number of aryl methyl sites for hydroxylation is 2. The number of amides is 1. The molecule has 0 aliphatic heterocycles. The third-order valence-electron chi connectivity index (χ3n) is 2.69. The molecule has 2 rings (SSSR count). The molecule has 0 saturated heterocycles. The van der Waals surface area contributed by atoms with Gasteiger partial charge in [-0.3, -0.25) is 9.48 Å². The predicted molar refractivity (Wildman–Crippen MR) is 78.2 cm³/mol. The van der Waals surface area contributed by atoms with Gasteiger partial charge in [-0.1, -0.05) is 11.6 Å². The number of anilines is 1. The molecule has 1 amide bonds. The van der Waals surface area contributed by atoms with Gasteiger partial charge >= 0.3 is 0 Å². The number of hydrogen-bond acceptors (Lipinski definition) is 4. The maximum absolute atomic E-state index is 11.8. The number of aromatic nitrogens is 2. The van der Waals surface area contributed by atoms with Gasteiger partial charge in [-0.05, 0) is 25.1 Å². The zero-order chi connectivity index (χ0) is 15.4. The summed E-state index contributed by atoms with van der Waals surface area (Å²) in [6.07, 6.45) is 0. The van der Waals surface area contributed by atoms with Crippen LogP contribution in [0.2, 0.25) is 5.02 Å². The smallest absolute Gasteiger partial charge is 0.263 e. The fraction of sp³-hybridized carbons (Fsp3) is 0.214. The number of nitriles is 1. The molecule has 108 valence electrons. The highest BCUT2D eigenvalue weighted by molar-refractivity contribution is 6.32. The number of ether oxygens (including phenoxy) is 1. The summed E-state index contributed by atoms with van der Waals surface area (Å²) in [5.41, 5.74) is 1.24. The fourth-order valence-electron chi connectivity index (χ4n) is 1.74. The molecule has 0 unspecified atom stereocenters. The van der Waals surface area contributed by atoms with Crippen LogP contribution in [0.1, 0.15) is 11.3 Å². The molecule has 0 radical (unpaired) electrons. The van der Waals surface area contributed by atoms with Gasteiger partial charge in [0, 0.05) is 13.1 Å². The number of benzene rings is 1. The van der Waals surface area contributed by atoms with Crippen molar-refractivity contribution in [2.24, 2.45) is 7.05 Å². The van der Waals surface area contributed by atoms with Gasteiger partial charge in [-0.25, -0.2) is 0 Å². The van der Waals surface area contributed by atoms with Crippen LogP contribution < -0.4 is 10.1 Å². The second-order valence-corrected chi connectivity index (χ2v) is 4.80. The molecular formula is C14H13ClN4O2. The molecule has 1 aromatic heterocycles. The number of nitrogens with one attached hydrogen (secondary N) is 1. The first kappa shape index (κ1) is 14.9. The van der Waals surface area contributed by atoms with Gasteiger partial charge in [0.15, 0.2) is 6.61 Å². The van der Waals surface area contributed by atoms with Gasteiger partial charge in [0.25, 0.3) is 5.91 Å². The Labute approximate surface area is 126 Å². The molecule has 0 atom stereocenters. The molecule has 0 aliphatic carbocycles. The lowest BCUT2D eigenvalue weighted by Gasteiger charge is -2.08. The lowest BCUT2D eigenvalue weighted by molar-refractivity contribution is -0.118. The van der Waals surface area contributed by atoms with Crippen LogP contribution in [-0.2, 0) is 11.8 Å². The quantitative estimate of drug-likeness (QED) is 0.939. The summed E-state index contributed by atoms with van der Waals surface area (Å²) in [6.45, 7) is 1.65. The first-order valence-corrected chi connectivity index (χ1v) is 6.50.